The van der Waals surface area contributed by atoms with Gasteiger partial charge >= 0.3 is 12.3 Å². The van der Waals surface area contributed by atoms with E-state index in [9.17, 15) is 17.6 Å². The fourth-order valence-corrected chi connectivity index (χ4v) is 2.14. The normalized spacial score (nSPS) is 14.2. The summed E-state index contributed by atoms with van der Waals surface area (Å²) in [6.07, 6.45) is -3.79. The highest BCUT2D eigenvalue weighted by molar-refractivity contribution is 9.09. The predicted molar refractivity (Wildman–Crippen MR) is 59.1 cm³/mol. The Bertz CT molecular complexity index is 384. The lowest BCUT2D eigenvalue weighted by Gasteiger charge is -2.22. The number of alkyl halides is 5. The molecule has 1 unspecified atom stereocenters. The largest absolute Gasteiger partial charge is 0.323 e. The average Bonchev–Trinajstić information content (AvgIpc) is 2.20. The van der Waals surface area contributed by atoms with Crippen molar-refractivity contribution in [2.75, 3.05) is 0 Å². The minimum atomic E-state index is -4.21. The maximum Gasteiger partial charge on any atom is 0.323 e. The molecule has 0 aliphatic heterocycles. The van der Waals surface area contributed by atoms with Crippen LogP contribution >= 0.6 is 39.1 Å². The second kappa shape index (κ2) is 5.10. The van der Waals surface area contributed by atoms with Gasteiger partial charge in [0.15, 0.2) is 0 Å². The summed E-state index contributed by atoms with van der Waals surface area (Å²) in [6, 6.07) is 3.78. The Morgan fingerprint density at radius 2 is 1.75 bits per heavy atom. The average molecular weight is 340 g/mol. The van der Waals surface area contributed by atoms with Crippen molar-refractivity contribution in [3.63, 3.8) is 0 Å². The summed E-state index contributed by atoms with van der Waals surface area (Å²) in [6.45, 7) is 0. The van der Waals surface area contributed by atoms with Crippen LogP contribution in [0.25, 0.3) is 0 Å². The molecule has 1 aromatic rings. The van der Waals surface area contributed by atoms with Crippen molar-refractivity contribution in [3.8, 4) is 0 Å². The van der Waals surface area contributed by atoms with Crippen molar-refractivity contribution in [1.29, 1.82) is 0 Å². The SMILES string of the molecule is FC(F)C(F)(F)C(Br)c1cc(Cl)ccc1Cl. The van der Waals surface area contributed by atoms with Crippen LogP contribution in [-0.4, -0.2) is 12.3 Å². The first-order valence-electron chi connectivity index (χ1n) is 4.01. The molecule has 0 saturated heterocycles. The molecule has 0 nitrogen and oxygen atoms in total. The Morgan fingerprint density at radius 1 is 1.19 bits per heavy atom. The minimum Gasteiger partial charge on any atom is -0.204 e. The molecule has 0 aromatic heterocycles. The summed E-state index contributed by atoms with van der Waals surface area (Å²) in [5, 5.41) is 0.0977. The van der Waals surface area contributed by atoms with E-state index in [0.717, 1.165) is 6.07 Å². The van der Waals surface area contributed by atoms with Crippen LogP contribution in [0.15, 0.2) is 18.2 Å². The van der Waals surface area contributed by atoms with E-state index in [1.165, 1.54) is 12.1 Å². The van der Waals surface area contributed by atoms with Gasteiger partial charge in [-0.05, 0) is 23.8 Å². The highest BCUT2D eigenvalue weighted by atomic mass is 79.9. The second-order valence-electron chi connectivity index (χ2n) is 3.00. The van der Waals surface area contributed by atoms with E-state index in [1.54, 1.807) is 0 Å². The van der Waals surface area contributed by atoms with Crippen LogP contribution in [0.4, 0.5) is 17.6 Å². The molecule has 0 aliphatic carbocycles. The van der Waals surface area contributed by atoms with Gasteiger partial charge in [-0.3, -0.25) is 0 Å². The maximum atomic E-state index is 13.0. The Morgan fingerprint density at radius 3 is 2.25 bits per heavy atom. The van der Waals surface area contributed by atoms with Gasteiger partial charge in [0.2, 0.25) is 0 Å². The Balaban J connectivity index is 3.14. The van der Waals surface area contributed by atoms with Gasteiger partial charge in [-0.25, -0.2) is 8.78 Å². The lowest BCUT2D eigenvalue weighted by molar-refractivity contribution is -0.127. The molecular formula is C9H5BrCl2F4. The summed E-state index contributed by atoms with van der Waals surface area (Å²) < 4.78 is 50.3. The second-order valence-corrected chi connectivity index (χ2v) is 4.76. The van der Waals surface area contributed by atoms with Crippen LogP contribution in [0, 0.1) is 0 Å². The summed E-state index contributed by atoms with van der Waals surface area (Å²) >= 11 is 13.7. The van der Waals surface area contributed by atoms with Crippen LogP contribution in [-0.2, 0) is 0 Å². The molecule has 0 radical (unpaired) electrons. The number of hydrogen-bond acceptors (Lipinski definition) is 0. The van der Waals surface area contributed by atoms with Crippen LogP contribution in [0.5, 0.6) is 0 Å². The fourth-order valence-electron chi connectivity index (χ4n) is 1.03. The predicted octanol–water partition coefficient (Wildman–Crippen LogP) is 5.33. The summed E-state index contributed by atoms with van der Waals surface area (Å²) in [5.74, 6) is -4.21. The number of halogens is 7. The molecule has 90 valence electrons. The first-order chi connectivity index (χ1) is 7.26. The van der Waals surface area contributed by atoms with Gasteiger partial charge in [-0.15, -0.1) is 0 Å². The standard InChI is InChI=1S/C9H5BrCl2F4/c10-7(9(15,16)8(13)14)5-3-4(11)1-2-6(5)12/h1-3,7-8H. The van der Waals surface area contributed by atoms with Gasteiger partial charge in [-0.2, -0.15) is 8.78 Å². The van der Waals surface area contributed by atoms with Gasteiger partial charge in [0.05, 0.1) is 0 Å². The van der Waals surface area contributed by atoms with E-state index < -0.39 is 17.2 Å². The van der Waals surface area contributed by atoms with E-state index in [1.807, 2.05) is 0 Å². The van der Waals surface area contributed by atoms with E-state index in [-0.39, 0.29) is 15.6 Å². The molecule has 0 aliphatic rings. The molecule has 1 atom stereocenters. The molecule has 0 heterocycles. The van der Waals surface area contributed by atoms with Crippen molar-refractivity contribution in [3.05, 3.63) is 33.8 Å². The van der Waals surface area contributed by atoms with E-state index in [2.05, 4.69) is 15.9 Å². The van der Waals surface area contributed by atoms with Crippen LogP contribution in [0.3, 0.4) is 0 Å². The molecular weight excluding hydrogens is 335 g/mol. The highest BCUT2D eigenvalue weighted by Gasteiger charge is 2.48. The molecule has 0 fully saturated rings. The molecule has 0 bridgehead atoms. The van der Waals surface area contributed by atoms with Gasteiger partial charge < -0.3 is 0 Å². The van der Waals surface area contributed by atoms with Gasteiger partial charge in [-0.1, -0.05) is 39.1 Å². The van der Waals surface area contributed by atoms with Crippen LogP contribution in [0.2, 0.25) is 10.0 Å². The van der Waals surface area contributed by atoms with Gasteiger partial charge in [0.25, 0.3) is 0 Å². The molecule has 0 amide bonds. The first kappa shape index (κ1) is 14.1. The van der Waals surface area contributed by atoms with Crippen molar-refractivity contribution in [2.45, 2.75) is 17.2 Å². The smallest absolute Gasteiger partial charge is 0.204 e. The maximum absolute atomic E-state index is 13.0. The molecule has 1 rings (SSSR count). The van der Waals surface area contributed by atoms with Crippen LogP contribution < -0.4 is 0 Å². The third kappa shape index (κ3) is 2.81. The Kier molecular flexibility index (Phi) is 4.49. The number of benzene rings is 1. The zero-order chi connectivity index (χ0) is 12.5. The lowest BCUT2D eigenvalue weighted by Crippen LogP contribution is -2.31. The van der Waals surface area contributed by atoms with E-state index in [4.69, 9.17) is 23.2 Å². The monoisotopic (exact) mass is 338 g/mol. The Labute approximate surface area is 108 Å². The zero-order valence-corrected chi connectivity index (χ0v) is 10.6. The molecule has 1 aromatic carbocycles. The highest BCUT2D eigenvalue weighted by Crippen LogP contribution is 2.45. The molecule has 7 heteroatoms. The fraction of sp³-hybridized carbons (Fsp3) is 0.333. The van der Waals surface area contributed by atoms with Crippen molar-refractivity contribution < 1.29 is 17.6 Å². The first-order valence-corrected chi connectivity index (χ1v) is 5.69. The zero-order valence-electron chi connectivity index (χ0n) is 7.53. The van der Waals surface area contributed by atoms with Crippen molar-refractivity contribution >= 4 is 39.1 Å². The van der Waals surface area contributed by atoms with E-state index >= 15 is 0 Å². The number of hydrogen-bond donors (Lipinski definition) is 0. The van der Waals surface area contributed by atoms with Gasteiger partial charge in [0.1, 0.15) is 4.83 Å². The van der Waals surface area contributed by atoms with Crippen molar-refractivity contribution in [1.82, 2.24) is 0 Å². The molecule has 0 saturated carbocycles. The number of rotatable bonds is 3. The lowest BCUT2D eigenvalue weighted by atomic mass is 10.1. The third-order valence-electron chi connectivity index (χ3n) is 1.86. The summed E-state index contributed by atoms with van der Waals surface area (Å²) in [4.78, 5) is -1.88. The minimum absolute atomic E-state index is 0.0494. The van der Waals surface area contributed by atoms with Gasteiger partial charge in [0, 0.05) is 10.0 Å². The molecule has 16 heavy (non-hydrogen) atoms. The third-order valence-corrected chi connectivity index (χ3v) is 3.54. The molecule has 0 N–H and O–H groups in total. The van der Waals surface area contributed by atoms with Crippen molar-refractivity contribution in [2.24, 2.45) is 0 Å². The van der Waals surface area contributed by atoms with E-state index in [0.29, 0.717) is 0 Å². The summed E-state index contributed by atoms with van der Waals surface area (Å²) in [7, 11) is 0. The Hall–Kier alpha value is -0.000000000000000111. The quantitative estimate of drug-likeness (QED) is 0.515. The topological polar surface area (TPSA) is 0 Å². The molecule has 0 spiro atoms. The van der Waals surface area contributed by atoms with Crippen LogP contribution in [0.1, 0.15) is 10.4 Å². The summed E-state index contributed by atoms with van der Waals surface area (Å²) in [5.41, 5.74) is -0.167.